The molecule has 150 valence electrons. The molecule has 0 radical (unpaired) electrons. The molecule has 0 atom stereocenters. The second-order valence-electron chi connectivity index (χ2n) is 5.82. The van der Waals surface area contributed by atoms with Gasteiger partial charge in [0, 0.05) is 19.3 Å². The molecule has 0 aliphatic carbocycles. The van der Waals surface area contributed by atoms with Crippen LogP contribution in [0.1, 0.15) is 20.7 Å². The predicted molar refractivity (Wildman–Crippen MR) is 109 cm³/mol. The highest BCUT2D eigenvalue weighted by Crippen LogP contribution is 2.23. The van der Waals surface area contributed by atoms with Gasteiger partial charge in [0.05, 0.1) is 34.7 Å². The summed E-state index contributed by atoms with van der Waals surface area (Å²) in [7, 11) is -2.01. The molecule has 0 unspecified atom stereocenters. The maximum atomic E-state index is 12.5. The summed E-state index contributed by atoms with van der Waals surface area (Å²) in [5.41, 5.74) is 0.917. The first-order chi connectivity index (χ1) is 13.2. The maximum absolute atomic E-state index is 12.5. The van der Waals surface area contributed by atoms with Crippen LogP contribution < -0.4 is 15.4 Å². The van der Waals surface area contributed by atoms with Crippen molar-refractivity contribution in [2.45, 2.75) is 0 Å². The third kappa shape index (κ3) is 6.22. The van der Waals surface area contributed by atoms with Crippen molar-refractivity contribution >= 4 is 44.8 Å². The number of halogens is 1. The Hall–Kier alpha value is -2.62. The van der Waals surface area contributed by atoms with Crippen LogP contribution in [0.5, 0.6) is 0 Å². The van der Waals surface area contributed by atoms with Crippen LogP contribution in [0.15, 0.2) is 42.5 Å². The molecule has 0 aliphatic rings. The minimum atomic E-state index is -3.54. The lowest BCUT2D eigenvalue weighted by atomic mass is 10.1. The van der Waals surface area contributed by atoms with Crippen molar-refractivity contribution in [2.24, 2.45) is 0 Å². The zero-order valence-corrected chi connectivity index (χ0v) is 16.9. The van der Waals surface area contributed by atoms with Gasteiger partial charge in [0.2, 0.25) is 10.0 Å². The fourth-order valence-corrected chi connectivity index (χ4v) is 3.15. The highest BCUT2D eigenvalue weighted by atomic mass is 35.5. The maximum Gasteiger partial charge on any atom is 0.257 e. The summed E-state index contributed by atoms with van der Waals surface area (Å²) in [6.45, 7) is 0.715. The zero-order chi connectivity index (χ0) is 20.7. The fourth-order valence-electron chi connectivity index (χ4n) is 2.31. The molecule has 2 rings (SSSR count). The summed E-state index contributed by atoms with van der Waals surface area (Å²) >= 11 is 6.15. The summed E-state index contributed by atoms with van der Waals surface area (Å²) < 4.78 is 30.1. The molecule has 0 heterocycles. The minimum absolute atomic E-state index is 0.144. The number of amides is 2. The van der Waals surface area contributed by atoms with E-state index in [4.69, 9.17) is 16.3 Å². The molecule has 28 heavy (non-hydrogen) atoms. The van der Waals surface area contributed by atoms with E-state index in [-0.39, 0.29) is 27.7 Å². The second-order valence-corrected chi connectivity index (χ2v) is 7.97. The fraction of sp³-hybridized carbons (Fsp3) is 0.222. The standard InChI is InChI=1S/C18H20ClN3O5S/c1-27-10-9-20-17(23)13-8-7-12(11-15(13)19)21-18(24)14-5-3-4-6-16(14)22-28(2,25)26/h3-8,11,22H,9-10H2,1-2H3,(H,20,23)(H,21,24). The number of hydrogen-bond donors (Lipinski definition) is 3. The van der Waals surface area contributed by atoms with Gasteiger partial charge in [-0.05, 0) is 30.3 Å². The van der Waals surface area contributed by atoms with E-state index in [1.54, 1.807) is 12.1 Å². The van der Waals surface area contributed by atoms with Crippen LogP contribution in [0.4, 0.5) is 11.4 Å². The van der Waals surface area contributed by atoms with Crippen molar-refractivity contribution in [1.29, 1.82) is 0 Å². The van der Waals surface area contributed by atoms with Crippen molar-refractivity contribution in [3.05, 3.63) is 58.6 Å². The molecule has 0 bridgehead atoms. The summed E-state index contributed by atoms with van der Waals surface area (Å²) in [5.74, 6) is -0.886. The van der Waals surface area contributed by atoms with Gasteiger partial charge in [-0.1, -0.05) is 23.7 Å². The largest absolute Gasteiger partial charge is 0.383 e. The molecule has 2 aromatic rings. The van der Waals surface area contributed by atoms with Gasteiger partial charge in [0.1, 0.15) is 0 Å². The smallest absolute Gasteiger partial charge is 0.257 e. The molecule has 0 fully saturated rings. The molecule has 2 amide bonds. The molecular formula is C18H20ClN3O5S. The lowest BCUT2D eigenvalue weighted by Crippen LogP contribution is -2.27. The summed E-state index contributed by atoms with van der Waals surface area (Å²) in [6.07, 6.45) is 0.998. The molecule has 0 aromatic heterocycles. The van der Waals surface area contributed by atoms with Crippen molar-refractivity contribution in [2.75, 3.05) is 36.6 Å². The van der Waals surface area contributed by atoms with Crippen molar-refractivity contribution in [3.8, 4) is 0 Å². The number of benzene rings is 2. The van der Waals surface area contributed by atoms with E-state index < -0.39 is 15.9 Å². The summed E-state index contributed by atoms with van der Waals surface area (Å²) in [6, 6.07) is 10.7. The molecular weight excluding hydrogens is 406 g/mol. The molecule has 8 nitrogen and oxygen atoms in total. The Labute approximate surface area is 168 Å². The Morgan fingerprint density at radius 3 is 2.43 bits per heavy atom. The van der Waals surface area contributed by atoms with Crippen LogP contribution in [0.2, 0.25) is 5.02 Å². The Kier molecular flexibility index (Phi) is 7.38. The number of para-hydroxylation sites is 1. The number of sulfonamides is 1. The highest BCUT2D eigenvalue weighted by molar-refractivity contribution is 7.92. The predicted octanol–water partition coefficient (Wildman–Crippen LogP) is 2.34. The van der Waals surface area contributed by atoms with E-state index in [2.05, 4.69) is 15.4 Å². The van der Waals surface area contributed by atoms with E-state index in [0.29, 0.717) is 18.8 Å². The third-order valence-electron chi connectivity index (χ3n) is 3.53. The SMILES string of the molecule is COCCNC(=O)c1ccc(NC(=O)c2ccccc2NS(C)(=O)=O)cc1Cl. The molecule has 0 spiro atoms. The van der Waals surface area contributed by atoms with Crippen LogP contribution in [-0.2, 0) is 14.8 Å². The number of ether oxygens (including phenoxy) is 1. The Bertz CT molecular complexity index is 979. The number of hydrogen-bond acceptors (Lipinski definition) is 5. The van der Waals surface area contributed by atoms with Gasteiger partial charge < -0.3 is 15.4 Å². The molecule has 0 saturated heterocycles. The highest BCUT2D eigenvalue weighted by Gasteiger charge is 2.15. The monoisotopic (exact) mass is 425 g/mol. The van der Waals surface area contributed by atoms with Crippen LogP contribution in [-0.4, -0.2) is 46.7 Å². The first kappa shape index (κ1) is 21.7. The van der Waals surface area contributed by atoms with E-state index in [9.17, 15) is 18.0 Å². The van der Waals surface area contributed by atoms with Crippen molar-refractivity contribution in [1.82, 2.24) is 5.32 Å². The number of rotatable bonds is 8. The van der Waals surface area contributed by atoms with Gasteiger partial charge in [0.25, 0.3) is 11.8 Å². The number of carbonyl (C=O) groups excluding carboxylic acids is 2. The van der Waals surface area contributed by atoms with Crippen LogP contribution in [0.3, 0.4) is 0 Å². The lowest BCUT2D eigenvalue weighted by Gasteiger charge is -2.12. The van der Waals surface area contributed by atoms with E-state index >= 15 is 0 Å². The van der Waals surface area contributed by atoms with Gasteiger partial charge in [0.15, 0.2) is 0 Å². The Balaban J connectivity index is 2.15. The van der Waals surface area contributed by atoms with Crippen molar-refractivity contribution in [3.63, 3.8) is 0 Å². The van der Waals surface area contributed by atoms with Gasteiger partial charge in [-0.2, -0.15) is 0 Å². The van der Waals surface area contributed by atoms with E-state index in [0.717, 1.165) is 6.26 Å². The first-order valence-corrected chi connectivity index (χ1v) is 10.4. The number of carbonyl (C=O) groups is 2. The van der Waals surface area contributed by atoms with Gasteiger partial charge >= 0.3 is 0 Å². The number of nitrogens with one attached hydrogen (secondary N) is 3. The van der Waals surface area contributed by atoms with Crippen molar-refractivity contribution < 1.29 is 22.7 Å². The van der Waals surface area contributed by atoms with Crippen LogP contribution in [0, 0.1) is 0 Å². The van der Waals surface area contributed by atoms with Gasteiger partial charge in [-0.3, -0.25) is 14.3 Å². The number of methoxy groups -OCH3 is 1. The Morgan fingerprint density at radius 2 is 1.79 bits per heavy atom. The molecule has 10 heteroatoms. The van der Waals surface area contributed by atoms with E-state index in [1.807, 2.05) is 0 Å². The lowest BCUT2D eigenvalue weighted by molar-refractivity contribution is 0.0936. The second kappa shape index (κ2) is 9.54. The van der Waals surface area contributed by atoms with Gasteiger partial charge in [-0.25, -0.2) is 8.42 Å². The van der Waals surface area contributed by atoms with E-state index in [1.165, 1.54) is 37.4 Å². The molecule has 3 N–H and O–H groups in total. The molecule has 0 saturated carbocycles. The average molecular weight is 426 g/mol. The molecule has 0 aliphatic heterocycles. The Morgan fingerprint density at radius 1 is 1.07 bits per heavy atom. The summed E-state index contributed by atoms with van der Waals surface area (Å²) in [5, 5.41) is 5.45. The van der Waals surface area contributed by atoms with Crippen LogP contribution in [0.25, 0.3) is 0 Å². The topological polar surface area (TPSA) is 114 Å². The zero-order valence-electron chi connectivity index (χ0n) is 15.3. The minimum Gasteiger partial charge on any atom is -0.383 e. The third-order valence-corrected chi connectivity index (χ3v) is 4.43. The average Bonchev–Trinajstić information content (AvgIpc) is 2.61. The summed E-state index contributed by atoms with van der Waals surface area (Å²) in [4.78, 5) is 24.6. The first-order valence-electron chi connectivity index (χ1n) is 8.16. The normalized spacial score (nSPS) is 11.0. The quantitative estimate of drug-likeness (QED) is 0.562. The van der Waals surface area contributed by atoms with Gasteiger partial charge in [-0.15, -0.1) is 0 Å². The molecule has 2 aromatic carbocycles. The van der Waals surface area contributed by atoms with Crippen LogP contribution >= 0.6 is 11.6 Å². The number of anilines is 2.